The molecule has 0 unspecified atom stereocenters. The van der Waals surface area contributed by atoms with Crippen molar-refractivity contribution in [2.24, 2.45) is 0 Å². The zero-order chi connectivity index (χ0) is 19.3. The smallest absolute Gasteiger partial charge is 0.119 e. The molecule has 0 bridgehead atoms. The summed E-state index contributed by atoms with van der Waals surface area (Å²) in [6.45, 7) is 7.53. The fourth-order valence-electron chi connectivity index (χ4n) is 3.71. The minimum atomic E-state index is -0.630. The molecule has 1 aliphatic heterocycles. The zero-order valence-electron chi connectivity index (χ0n) is 16.8. The van der Waals surface area contributed by atoms with Crippen molar-refractivity contribution in [3.8, 4) is 5.75 Å². The van der Waals surface area contributed by atoms with E-state index in [9.17, 15) is 5.11 Å². The summed E-state index contributed by atoms with van der Waals surface area (Å²) in [4.78, 5) is 4.58. The molecule has 0 aromatic heterocycles. The summed E-state index contributed by atoms with van der Waals surface area (Å²) in [7, 11) is 2.05. The van der Waals surface area contributed by atoms with Gasteiger partial charge in [0.05, 0.1) is 11.7 Å². The summed E-state index contributed by atoms with van der Waals surface area (Å²) >= 11 is 0. The van der Waals surface area contributed by atoms with E-state index in [4.69, 9.17) is 4.74 Å². The number of likely N-dealkylation sites (N-methyl/N-ethyl adjacent to an activating group) is 1. The third-order valence-electron chi connectivity index (χ3n) is 5.22. The van der Waals surface area contributed by atoms with Gasteiger partial charge in [0.25, 0.3) is 0 Å². The molecule has 146 valence electrons. The lowest BCUT2D eigenvalue weighted by Crippen LogP contribution is -2.50. The van der Waals surface area contributed by atoms with Crippen LogP contribution in [0.5, 0.6) is 5.75 Å². The quantitative estimate of drug-likeness (QED) is 0.803. The molecule has 0 saturated carbocycles. The molecule has 4 heteroatoms. The second-order valence-electron chi connectivity index (χ2n) is 8.00. The highest BCUT2D eigenvalue weighted by Gasteiger charge is 2.33. The van der Waals surface area contributed by atoms with Gasteiger partial charge in [-0.15, -0.1) is 0 Å². The summed E-state index contributed by atoms with van der Waals surface area (Å²) in [6, 6.07) is 18.7. The number of aliphatic hydroxyl groups is 1. The Kier molecular flexibility index (Phi) is 6.40. The van der Waals surface area contributed by atoms with Crippen LogP contribution in [-0.2, 0) is 6.54 Å². The Morgan fingerprint density at radius 3 is 2.26 bits per heavy atom. The third-order valence-corrected chi connectivity index (χ3v) is 5.22. The maximum absolute atomic E-state index is 11.1. The first-order valence-corrected chi connectivity index (χ1v) is 9.90. The van der Waals surface area contributed by atoms with Crippen molar-refractivity contribution in [3.05, 3.63) is 60.2 Å². The van der Waals surface area contributed by atoms with Crippen LogP contribution in [0, 0.1) is 0 Å². The first-order valence-electron chi connectivity index (χ1n) is 9.90. The lowest BCUT2D eigenvalue weighted by atomic mass is 9.90. The second kappa shape index (κ2) is 8.77. The number of anilines is 1. The predicted octanol–water partition coefficient (Wildman–Crippen LogP) is 3.94. The number of hydrogen-bond acceptors (Lipinski definition) is 4. The molecule has 0 atom stereocenters. The molecule has 0 amide bonds. The molecule has 1 heterocycles. The van der Waals surface area contributed by atoms with Crippen LogP contribution in [0.25, 0.3) is 0 Å². The van der Waals surface area contributed by atoms with Gasteiger partial charge in [0.1, 0.15) is 5.75 Å². The van der Waals surface area contributed by atoms with E-state index in [1.54, 1.807) is 0 Å². The van der Waals surface area contributed by atoms with Crippen LogP contribution in [-0.4, -0.2) is 48.4 Å². The van der Waals surface area contributed by atoms with Crippen molar-refractivity contribution in [1.29, 1.82) is 0 Å². The van der Waals surface area contributed by atoms with Gasteiger partial charge in [-0.2, -0.15) is 0 Å². The monoisotopic (exact) mass is 368 g/mol. The Bertz CT molecular complexity index is 692. The van der Waals surface area contributed by atoms with Gasteiger partial charge in [0, 0.05) is 38.9 Å². The molecule has 1 fully saturated rings. The van der Waals surface area contributed by atoms with E-state index in [0.717, 1.165) is 43.9 Å². The minimum Gasteiger partial charge on any atom is -0.491 e. The third kappa shape index (κ3) is 5.72. The molecule has 1 aliphatic rings. The van der Waals surface area contributed by atoms with Gasteiger partial charge in [0.15, 0.2) is 0 Å². The molecular weight excluding hydrogens is 336 g/mol. The highest BCUT2D eigenvalue weighted by molar-refractivity contribution is 5.48. The molecule has 2 aromatic rings. The molecule has 0 aliphatic carbocycles. The molecule has 4 nitrogen and oxygen atoms in total. The summed E-state index contributed by atoms with van der Waals surface area (Å²) in [6.07, 6.45) is 1.78. The molecule has 1 N–H and O–H groups in total. The first kappa shape index (κ1) is 19.7. The molecular formula is C23H32N2O2. The van der Waals surface area contributed by atoms with Crippen LogP contribution < -0.4 is 9.64 Å². The lowest BCUT2D eigenvalue weighted by molar-refractivity contribution is -0.0159. The summed E-state index contributed by atoms with van der Waals surface area (Å²) in [5.41, 5.74) is 1.81. The molecule has 1 saturated heterocycles. The predicted molar refractivity (Wildman–Crippen MR) is 111 cm³/mol. The van der Waals surface area contributed by atoms with Crippen molar-refractivity contribution in [2.45, 2.75) is 44.9 Å². The maximum atomic E-state index is 11.1. The van der Waals surface area contributed by atoms with Crippen LogP contribution in [0.1, 0.15) is 32.3 Å². The van der Waals surface area contributed by atoms with E-state index in [-0.39, 0.29) is 6.10 Å². The maximum Gasteiger partial charge on any atom is 0.119 e. The van der Waals surface area contributed by atoms with Crippen molar-refractivity contribution < 1.29 is 9.84 Å². The van der Waals surface area contributed by atoms with Crippen LogP contribution >= 0.6 is 0 Å². The van der Waals surface area contributed by atoms with E-state index in [0.29, 0.717) is 6.54 Å². The molecule has 27 heavy (non-hydrogen) atoms. The van der Waals surface area contributed by atoms with E-state index in [1.807, 2.05) is 33.0 Å². The zero-order valence-corrected chi connectivity index (χ0v) is 16.8. The number of hydrogen-bond donors (Lipinski definition) is 1. The van der Waals surface area contributed by atoms with Crippen LogP contribution in [0.15, 0.2) is 54.6 Å². The van der Waals surface area contributed by atoms with E-state index in [1.165, 1.54) is 5.56 Å². The molecule has 0 radical (unpaired) electrons. The Hall–Kier alpha value is -2.04. The molecule has 0 spiro atoms. The fraction of sp³-hybridized carbons (Fsp3) is 0.478. The van der Waals surface area contributed by atoms with Crippen molar-refractivity contribution in [1.82, 2.24) is 4.90 Å². The summed E-state index contributed by atoms with van der Waals surface area (Å²) in [5.74, 6) is 0.884. The molecule has 3 rings (SSSR count). The van der Waals surface area contributed by atoms with Crippen LogP contribution in [0.2, 0.25) is 0 Å². The normalized spacial score (nSPS) is 17.1. The Morgan fingerprint density at radius 1 is 1.04 bits per heavy atom. The highest BCUT2D eigenvalue weighted by Crippen LogP contribution is 2.27. The van der Waals surface area contributed by atoms with Gasteiger partial charge in [-0.25, -0.2) is 0 Å². The number of nitrogens with zero attached hydrogens (tertiary/aromatic N) is 2. The van der Waals surface area contributed by atoms with Crippen molar-refractivity contribution in [3.63, 3.8) is 0 Å². The Morgan fingerprint density at radius 2 is 1.67 bits per heavy atom. The Balaban J connectivity index is 1.51. The number of rotatable bonds is 7. The average molecular weight is 369 g/mol. The van der Waals surface area contributed by atoms with Gasteiger partial charge >= 0.3 is 0 Å². The summed E-state index contributed by atoms with van der Waals surface area (Å²) in [5, 5.41) is 11.1. The Labute approximate surface area is 163 Å². The largest absolute Gasteiger partial charge is 0.491 e. The van der Waals surface area contributed by atoms with Crippen LogP contribution in [0.4, 0.5) is 5.69 Å². The summed E-state index contributed by atoms with van der Waals surface area (Å²) < 4.78 is 5.71. The van der Waals surface area contributed by atoms with E-state index in [2.05, 4.69) is 52.3 Å². The first-order chi connectivity index (χ1) is 12.9. The highest BCUT2D eigenvalue weighted by atomic mass is 16.5. The van der Waals surface area contributed by atoms with Gasteiger partial charge in [-0.3, -0.25) is 4.90 Å². The number of ether oxygens (including phenoxy) is 1. The SMILES string of the molecule is CC(C)Oc1ccc(N(C)CC2(O)CCN(Cc3ccccc3)CC2)cc1. The topological polar surface area (TPSA) is 35.9 Å². The van der Waals surface area contributed by atoms with E-state index >= 15 is 0 Å². The van der Waals surface area contributed by atoms with Gasteiger partial charge in [0.2, 0.25) is 0 Å². The number of benzene rings is 2. The fourth-order valence-corrected chi connectivity index (χ4v) is 3.71. The number of likely N-dealkylation sites (tertiary alicyclic amines) is 1. The molecule has 2 aromatic carbocycles. The average Bonchev–Trinajstić information content (AvgIpc) is 2.65. The van der Waals surface area contributed by atoms with E-state index < -0.39 is 5.60 Å². The van der Waals surface area contributed by atoms with Crippen molar-refractivity contribution in [2.75, 3.05) is 31.6 Å². The lowest BCUT2D eigenvalue weighted by Gasteiger charge is -2.40. The van der Waals surface area contributed by atoms with Crippen LogP contribution in [0.3, 0.4) is 0 Å². The second-order valence-corrected chi connectivity index (χ2v) is 8.00. The van der Waals surface area contributed by atoms with Gasteiger partial charge in [-0.05, 0) is 56.5 Å². The van der Waals surface area contributed by atoms with Crippen molar-refractivity contribution >= 4 is 5.69 Å². The standard InChI is InChI=1S/C23H32N2O2/c1-19(2)27-22-11-9-21(10-12-22)24(3)18-23(26)13-15-25(16-14-23)17-20-7-5-4-6-8-20/h4-12,19,26H,13-18H2,1-3H3. The number of piperidine rings is 1. The van der Waals surface area contributed by atoms with Gasteiger partial charge < -0.3 is 14.7 Å². The minimum absolute atomic E-state index is 0.176. The van der Waals surface area contributed by atoms with Gasteiger partial charge in [-0.1, -0.05) is 30.3 Å².